The van der Waals surface area contributed by atoms with Gasteiger partial charge in [-0.15, -0.1) is 12.4 Å². The van der Waals surface area contributed by atoms with Crippen LogP contribution in [0.1, 0.15) is 43.5 Å². The SMILES string of the molecule is CCC(NC(=O)C(C)C(N)c1ccccc1)c1ccc(OC)cc1.Cl. The fourth-order valence-electron chi connectivity index (χ4n) is 2.69. The van der Waals surface area contributed by atoms with Gasteiger partial charge in [-0.1, -0.05) is 56.3 Å². The van der Waals surface area contributed by atoms with Crippen molar-refractivity contribution in [1.82, 2.24) is 5.32 Å². The van der Waals surface area contributed by atoms with E-state index < -0.39 is 0 Å². The summed E-state index contributed by atoms with van der Waals surface area (Å²) in [6.45, 7) is 3.92. The van der Waals surface area contributed by atoms with Crippen LogP contribution in [0.3, 0.4) is 0 Å². The Kier molecular flexibility index (Phi) is 8.46. The van der Waals surface area contributed by atoms with Crippen molar-refractivity contribution in [2.75, 3.05) is 7.11 Å². The van der Waals surface area contributed by atoms with Gasteiger partial charge in [0.1, 0.15) is 5.75 Å². The van der Waals surface area contributed by atoms with Crippen LogP contribution in [-0.2, 0) is 4.79 Å². The van der Waals surface area contributed by atoms with Gasteiger partial charge >= 0.3 is 0 Å². The zero-order valence-electron chi connectivity index (χ0n) is 14.9. The van der Waals surface area contributed by atoms with E-state index in [9.17, 15) is 4.79 Å². The normalized spacial score (nSPS) is 13.9. The minimum absolute atomic E-state index is 0. The molecular formula is C20H27ClN2O2. The molecular weight excluding hydrogens is 336 g/mol. The maximum Gasteiger partial charge on any atom is 0.225 e. The largest absolute Gasteiger partial charge is 0.497 e. The van der Waals surface area contributed by atoms with Crippen LogP contribution in [0.4, 0.5) is 0 Å². The van der Waals surface area contributed by atoms with Gasteiger partial charge in [0, 0.05) is 6.04 Å². The second-order valence-corrected chi connectivity index (χ2v) is 5.97. The summed E-state index contributed by atoms with van der Waals surface area (Å²) in [7, 11) is 1.64. The zero-order chi connectivity index (χ0) is 17.5. The molecule has 2 aromatic rings. The van der Waals surface area contributed by atoms with Crippen LogP contribution in [-0.4, -0.2) is 13.0 Å². The topological polar surface area (TPSA) is 64.4 Å². The Morgan fingerprint density at radius 2 is 1.68 bits per heavy atom. The van der Waals surface area contributed by atoms with Crippen molar-refractivity contribution >= 4 is 18.3 Å². The molecule has 0 aliphatic carbocycles. The maximum absolute atomic E-state index is 12.6. The Morgan fingerprint density at radius 3 is 2.20 bits per heavy atom. The van der Waals surface area contributed by atoms with E-state index in [0.717, 1.165) is 23.3 Å². The molecule has 4 nitrogen and oxygen atoms in total. The lowest BCUT2D eigenvalue weighted by atomic mass is 9.94. The summed E-state index contributed by atoms with van der Waals surface area (Å²) < 4.78 is 5.18. The van der Waals surface area contributed by atoms with Crippen molar-refractivity contribution in [3.63, 3.8) is 0 Å². The molecule has 25 heavy (non-hydrogen) atoms. The summed E-state index contributed by atoms with van der Waals surface area (Å²) in [5.41, 5.74) is 8.29. The standard InChI is InChI=1S/C20H26N2O2.ClH/c1-4-18(15-10-12-17(24-3)13-11-15)22-20(23)14(2)19(21)16-8-6-5-7-9-16;/h5-14,18-19H,4,21H2,1-3H3,(H,22,23);1H. The molecule has 2 aromatic carbocycles. The van der Waals surface area contributed by atoms with Crippen LogP contribution in [0.5, 0.6) is 5.75 Å². The average Bonchev–Trinajstić information content (AvgIpc) is 2.65. The van der Waals surface area contributed by atoms with Gasteiger partial charge in [-0.05, 0) is 29.7 Å². The molecule has 0 aromatic heterocycles. The quantitative estimate of drug-likeness (QED) is 0.781. The minimum atomic E-state index is -0.320. The lowest BCUT2D eigenvalue weighted by molar-refractivity contribution is -0.126. The van der Waals surface area contributed by atoms with Crippen LogP contribution >= 0.6 is 12.4 Å². The Bertz CT molecular complexity index is 647. The maximum atomic E-state index is 12.6. The highest BCUT2D eigenvalue weighted by Gasteiger charge is 2.24. The van der Waals surface area contributed by atoms with E-state index in [-0.39, 0.29) is 36.3 Å². The van der Waals surface area contributed by atoms with Crippen molar-refractivity contribution in [2.45, 2.75) is 32.4 Å². The predicted octanol–water partition coefficient (Wildman–Crippen LogP) is 4.02. The predicted molar refractivity (Wildman–Crippen MR) is 104 cm³/mol. The van der Waals surface area contributed by atoms with Gasteiger partial charge in [-0.3, -0.25) is 4.79 Å². The van der Waals surface area contributed by atoms with Gasteiger partial charge < -0.3 is 15.8 Å². The fourth-order valence-corrected chi connectivity index (χ4v) is 2.69. The number of halogens is 1. The number of hydrogen-bond acceptors (Lipinski definition) is 3. The van der Waals surface area contributed by atoms with Crippen LogP contribution in [0.25, 0.3) is 0 Å². The van der Waals surface area contributed by atoms with Gasteiger partial charge in [0.25, 0.3) is 0 Å². The van der Waals surface area contributed by atoms with E-state index >= 15 is 0 Å². The number of amides is 1. The van der Waals surface area contributed by atoms with Crippen LogP contribution in [0, 0.1) is 5.92 Å². The van der Waals surface area contributed by atoms with E-state index in [1.807, 2.05) is 61.5 Å². The molecule has 3 unspecified atom stereocenters. The van der Waals surface area contributed by atoms with Crippen molar-refractivity contribution < 1.29 is 9.53 Å². The molecule has 0 saturated carbocycles. The number of methoxy groups -OCH3 is 1. The molecule has 0 saturated heterocycles. The Hall–Kier alpha value is -2.04. The van der Waals surface area contributed by atoms with Crippen LogP contribution in [0.2, 0.25) is 0 Å². The summed E-state index contributed by atoms with van der Waals surface area (Å²) in [6.07, 6.45) is 0.811. The molecule has 5 heteroatoms. The first-order valence-corrected chi connectivity index (χ1v) is 8.31. The van der Waals surface area contributed by atoms with Crippen molar-refractivity contribution in [3.8, 4) is 5.75 Å². The number of rotatable bonds is 7. The fraction of sp³-hybridized carbons (Fsp3) is 0.350. The van der Waals surface area contributed by atoms with E-state index in [1.54, 1.807) is 7.11 Å². The number of benzene rings is 2. The highest BCUT2D eigenvalue weighted by atomic mass is 35.5. The third-order valence-electron chi connectivity index (χ3n) is 4.38. The van der Waals surface area contributed by atoms with Crippen molar-refractivity contribution in [2.24, 2.45) is 11.7 Å². The van der Waals surface area contributed by atoms with Crippen molar-refractivity contribution in [1.29, 1.82) is 0 Å². The van der Waals surface area contributed by atoms with Gasteiger partial charge in [-0.2, -0.15) is 0 Å². The zero-order valence-corrected chi connectivity index (χ0v) is 15.8. The lowest BCUT2D eigenvalue weighted by Gasteiger charge is -2.24. The Morgan fingerprint density at radius 1 is 1.08 bits per heavy atom. The van der Waals surface area contributed by atoms with E-state index in [4.69, 9.17) is 10.5 Å². The Labute approximate surface area is 156 Å². The first-order chi connectivity index (χ1) is 11.6. The molecule has 0 fully saturated rings. The molecule has 3 atom stereocenters. The molecule has 2 rings (SSSR count). The van der Waals surface area contributed by atoms with Crippen LogP contribution < -0.4 is 15.8 Å². The summed E-state index contributed by atoms with van der Waals surface area (Å²) in [5.74, 6) is 0.466. The molecule has 0 heterocycles. The average molecular weight is 363 g/mol. The first-order valence-electron chi connectivity index (χ1n) is 8.31. The van der Waals surface area contributed by atoms with E-state index in [1.165, 1.54) is 0 Å². The number of carbonyl (C=O) groups excluding carboxylic acids is 1. The summed E-state index contributed by atoms with van der Waals surface area (Å²) in [4.78, 5) is 12.6. The van der Waals surface area contributed by atoms with Crippen LogP contribution in [0.15, 0.2) is 54.6 Å². The van der Waals surface area contributed by atoms with Gasteiger partial charge in [0.05, 0.1) is 19.1 Å². The summed E-state index contributed by atoms with van der Waals surface area (Å²) in [5, 5.41) is 3.11. The van der Waals surface area contributed by atoms with Gasteiger partial charge in [0.2, 0.25) is 5.91 Å². The molecule has 0 radical (unpaired) electrons. The first kappa shape index (κ1) is 21.0. The van der Waals surface area contributed by atoms with Gasteiger partial charge in [-0.25, -0.2) is 0 Å². The van der Waals surface area contributed by atoms with E-state index in [0.29, 0.717) is 0 Å². The number of nitrogens with one attached hydrogen (secondary N) is 1. The molecule has 3 N–H and O–H groups in total. The second-order valence-electron chi connectivity index (χ2n) is 5.97. The van der Waals surface area contributed by atoms with Gasteiger partial charge in [0.15, 0.2) is 0 Å². The smallest absolute Gasteiger partial charge is 0.225 e. The second kappa shape index (κ2) is 10.1. The molecule has 0 bridgehead atoms. The molecule has 0 aliphatic heterocycles. The monoisotopic (exact) mass is 362 g/mol. The van der Waals surface area contributed by atoms with E-state index in [2.05, 4.69) is 12.2 Å². The number of nitrogens with two attached hydrogens (primary N) is 1. The highest BCUT2D eigenvalue weighted by Crippen LogP contribution is 2.23. The molecule has 1 amide bonds. The summed E-state index contributed by atoms with van der Waals surface area (Å²) in [6, 6.07) is 17.1. The van der Waals surface area contributed by atoms with Crippen molar-refractivity contribution in [3.05, 3.63) is 65.7 Å². The highest BCUT2D eigenvalue weighted by molar-refractivity contribution is 5.85. The molecule has 0 aliphatic rings. The molecule has 136 valence electrons. The minimum Gasteiger partial charge on any atom is -0.497 e. The summed E-state index contributed by atoms with van der Waals surface area (Å²) >= 11 is 0. The third-order valence-corrected chi connectivity index (χ3v) is 4.38. The number of carbonyl (C=O) groups is 1. The number of ether oxygens (including phenoxy) is 1. The molecule has 0 spiro atoms. The number of hydrogen-bond donors (Lipinski definition) is 2. The third kappa shape index (κ3) is 5.48. The Balaban J connectivity index is 0.00000312. The lowest BCUT2D eigenvalue weighted by Crippen LogP contribution is -2.37.